The summed E-state index contributed by atoms with van der Waals surface area (Å²) in [6.07, 6.45) is 1.67. The number of aromatic nitrogens is 1. The van der Waals surface area contributed by atoms with E-state index in [1.54, 1.807) is 19.1 Å². The van der Waals surface area contributed by atoms with Crippen molar-refractivity contribution in [1.29, 1.82) is 5.26 Å². The summed E-state index contributed by atoms with van der Waals surface area (Å²) in [7, 11) is -3.82. The van der Waals surface area contributed by atoms with E-state index in [9.17, 15) is 13.2 Å². The maximum atomic E-state index is 12.2. The molecule has 1 aromatic heterocycles. The largest absolute Gasteiger partial charge is 0.276 e. The Morgan fingerprint density at radius 2 is 2.00 bits per heavy atom. The number of hydrogen-bond acceptors (Lipinski definition) is 6. The van der Waals surface area contributed by atoms with Crippen LogP contribution in [0.4, 0.5) is 0 Å². The first kappa shape index (κ1) is 18.1. The van der Waals surface area contributed by atoms with Crippen molar-refractivity contribution in [2.24, 2.45) is 0 Å². The normalized spacial score (nSPS) is 11.0. The number of rotatable bonds is 6. The highest BCUT2D eigenvalue weighted by Crippen LogP contribution is 2.19. The van der Waals surface area contributed by atoms with Crippen LogP contribution in [0.3, 0.4) is 0 Å². The number of hydrogen-bond donors (Lipinski definition) is 1. The predicted octanol–water partition coefficient (Wildman–Crippen LogP) is 2.54. The highest BCUT2D eigenvalue weighted by molar-refractivity contribution is 7.89. The number of nitrogens with one attached hydrogen (secondary N) is 1. The Balaban J connectivity index is 2.10. The summed E-state index contributed by atoms with van der Waals surface area (Å²) in [5, 5.41) is 9.57. The summed E-state index contributed by atoms with van der Waals surface area (Å²) in [4.78, 5) is 16.8. The number of nitriles is 1. The molecule has 0 saturated heterocycles. The maximum absolute atomic E-state index is 12.2. The van der Waals surface area contributed by atoms with Gasteiger partial charge in [0.1, 0.15) is 4.88 Å². The van der Waals surface area contributed by atoms with Gasteiger partial charge >= 0.3 is 0 Å². The fourth-order valence-corrected chi connectivity index (χ4v) is 4.32. The molecule has 0 aliphatic rings. The van der Waals surface area contributed by atoms with Crippen LogP contribution in [-0.4, -0.2) is 19.3 Å². The summed E-state index contributed by atoms with van der Waals surface area (Å²) in [5.41, 5.74) is 1.49. The quantitative estimate of drug-likeness (QED) is 0.850. The number of thiazole rings is 1. The molecule has 0 fully saturated rings. The molecule has 0 unspecified atom stereocenters. The summed E-state index contributed by atoms with van der Waals surface area (Å²) in [6, 6.07) is 8.15. The fourth-order valence-electron chi connectivity index (χ4n) is 2.10. The Hall–Kier alpha value is -2.24. The molecule has 0 atom stereocenters. The summed E-state index contributed by atoms with van der Waals surface area (Å²) in [5.74, 6) is -0.981. The van der Waals surface area contributed by atoms with Gasteiger partial charge in [0.25, 0.3) is 5.91 Å². The fraction of sp³-hybridized carbons (Fsp3) is 0.312. The molecular weight excluding hydrogens is 346 g/mol. The summed E-state index contributed by atoms with van der Waals surface area (Å²) in [6.45, 7) is 3.70. The zero-order chi connectivity index (χ0) is 17.7. The van der Waals surface area contributed by atoms with Crippen molar-refractivity contribution in [3.63, 3.8) is 0 Å². The monoisotopic (exact) mass is 363 g/mol. The molecule has 0 bridgehead atoms. The van der Waals surface area contributed by atoms with E-state index < -0.39 is 15.9 Å². The van der Waals surface area contributed by atoms with Crippen LogP contribution in [0.2, 0.25) is 0 Å². The number of sulfonamides is 1. The maximum Gasteiger partial charge on any atom is 0.276 e. The standard InChI is InChI=1S/C16H17N3O3S2/c1-3-4-14-18-11(2)15(23-14)16(20)19-24(21,22)10-13-7-5-12(9-17)6-8-13/h5-8H,3-4,10H2,1-2H3,(H,19,20). The van der Waals surface area contributed by atoms with Crippen LogP contribution >= 0.6 is 11.3 Å². The van der Waals surface area contributed by atoms with Crippen LogP contribution < -0.4 is 4.72 Å². The Kier molecular flexibility index (Phi) is 5.70. The van der Waals surface area contributed by atoms with E-state index in [0.29, 0.717) is 21.7 Å². The molecule has 126 valence electrons. The SMILES string of the molecule is CCCc1nc(C)c(C(=O)NS(=O)(=O)Cc2ccc(C#N)cc2)s1. The van der Waals surface area contributed by atoms with Gasteiger partial charge in [-0.05, 0) is 37.5 Å². The molecule has 2 aromatic rings. The third kappa shape index (κ3) is 4.63. The summed E-state index contributed by atoms with van der Waals surface area (Å²) >= 11 is 1.22. The first-order chi connectivity index (χ1) is 11.3. The van der Waals surface area contributed by atoms with Crippen LogP contribution in [-0.2, 0) is 22.2 Å². The Bertz CT molecular complexity index is 878. The highest BCUT2D eigenvalue weighted by atomic mass is 32.2. The minimum Gasteiger partial charge on any atom is -0.267 e. The van der Waals surface area contributed by atoms with Crippen molar-refractivity contribution in [3.05, 3.63) is 51.0 Å². The van der Waals surface area contributed by atoms with Gasteiger partial charge in [-0.15, -0.1) is 11.3 Å². The minimum atomic E-state index is -3.82. The Morgan fingerprint density at radius 1 is 1.33 bits per heavy atom. The molecule has 24 heavy (non-hydrogen) atoms. The van der Waals surface area contributed by atoms with Crippen molar-refractivity contribution in [3.8, 4) is 6.07 Å². The third-order valence-electron chi connectivity index (χ3n) is 3.20. The number of amides is 1. The van der Waals surface area contributed by atoms with Gasteiger partial charge in [0.2, 0.25) is 10.0 Å². The smallest absolute Gasteiger partial charge is 0.267 e. The average Bonchev–Trinajstić information content (AvgIpc) is 2.88. The van der Waals surface area contributed by atoms with E-state index >= 15 is 0 Å². The lowest BCUT2D eigenvalue weighted by Crippen LogP contribution is -2.31. The number of carbonyl (C=O) groups is 1. The van der Waals surface area contributed by atoms with E-state index in [2.05, 4.69) is 9.71 Å². The van der Waals surface area contributed by atoms with Crippen LogP contribution in [0.5, 0.6) is 0 Å². The second kappa shape index (κ2) is 7.55. The molecule has 8 heteroatoms. The Morgan fingerprint density at radius 3 is 2.58 bits per heavy atom. The topological polar surface area (TPSA) is 99.9 Å². The van der Waals surface area contributed by atoms with Crippen LogP contribution in [0.15, 0.2) is 24.3 Å². The van der Waals surface area contributed by atoms with E-state index in [4.69, 9.17) is 5.26 Å². The van der Waals surface area contributed by atoms with Crippen LogP contribution in [0, 0.1) is 18.3 Å². The van der Waals surface area contributed by atoms with Crippen molar-refractivity contribution in [2.75, 3.05) is 0 Å². The van der Waals surface area contributed by atoms with Gasteiger partial charge < -0.3 is 0 Å². The third-order valence-corrected chi connectivity index (χ3v) is 5.62. The predicted molar refractivity (Wildman–Crippen MR) is 92.1 cm³/mol. The van der Waals surface area contributed by atoms with E-state index in [-0.39, 0.29) is 5.75 Å². The lowest BCUT2D eigenvalue weighted by molar-refractivity contribution is 0.0984. The highest BCUT2D eigenvalue weighted by Gasteiger charge is 2.21. The molecule has 0 saturated carbocycles. The van der Waals surface area contributed by atoms with Gasteiger partial charge in [-0.3, -0.25) is 4.79 Å². The second-order valence-electron chi connectivity index (χ2n) is 5.27. The van der Waals surface area contributed by atoms with Crippen LogP contribution in [0.1, 0.15) is 44.8 Å². The lowest BCUT2D eigenvalue weighted by Gasteiger charge is -2.06. The van der Waals surface area contributed by atoms with Crippen molar-refractivity contribution >= 4 is 27.3 Å². The molecule has 0 aliphatic heterocycles. The van der Waals surface area contributed by atoms with E-state index in [0.717, 1.165) is 17.8 Å². The minimum absolute atomic E-state index is 0.321. The number of benzene rings is 1. The molecule has 2 rings (SSSR count). The van der Waals surface area contributed by atoms with Gasteiger partial charge in [-0.1, -0.05) is 19.1 Å². The molecule has 6 nitrogen and oxygen atoms in total. The molecule has 0 aliphatic carbocycles. The molecule has 1 N–H and O–H groups in total. The first-order valence-electron chi connectivity index (χ1n) is 7.34. The van der Waals surface area contributed by atoms with Gasteiger partial charge in [0, 0.05) is 0 Å². The second-order valence-corrected chi connectivity index (χ2v) is 8.08. The van der Waals surface area contributed by atoms with Gasteiger partial charge in [0.15, 0.2) is 0 Å². The summed E-state index contributed by atoms with van der Waals surface area (Å²) < 4.78 is 26.4. The van der Waals surface area contributed by atoms with E-state index in [1.807, 2.05) is 13.0 Å². The zero-order valence-electron chi connectivity index (χ0n) is 13.4. The van der Waals surface area contributed by atoms with Crippen molar-refractivity contribution in [1.82, 2.24) is 9.71 Å². The van der Waals surface area contributed by atoms with Gasteiger partial charge in [-0.2, -0.15) is 5.26 Å². The zero-order valence-corrected chi connectivity index (χ0v) is 15.0. The average molecular weight is 363 g/mol. The van der Waals surface area contributed by atoms with Crippen molar-refractivity contribution in [2.45, 2.75) is 32.4 Å². The lowest BCUT2D eigenvalue weighted by atomic mass is 10.2. The molecule has 0 spiro atoms. The number of aryl methyl sites for hydroxylation is 2. The van der Waals surface area contributed by atoms with Crippen LogP contribution in [0.25, 0.3) is 0 Å². The first-order valence-corrected chi connectivity index (χ1v) is 9.81. The number of nitrogens with zero attached hydrogens (tertiary/aromatic N) is 2. The van der Waals surface area contributed by atoms with E-state index in [1.165, 1.54) is 23.5 Å². The van der Waals surface area contributed by atoms with Crippen molar-refractivity contribution < 1.29 is 13.2 Å². The van der Waals surface area contributed by atoms with Gasteiger partial charge in [0.05, 0.1) is 28.1 Å². The van der Waals surface area contributed by atoms with Gasteiger partial charge in [-0.25, -0.2) is 18.1 Å². The Labute approximate surface area is 145 Å². The molecule has 1 amide bonds. The molecular formula is C16H17N3O3S2. The molecule has 0 radical (unpaired) electrons. The molecule has 1 heterocycles. The molecule has 1 aromatic carbocycles. The number of carbonyl (C=O) groups excluding carboxylic acids is 1.